The molecule has 1 saturated heterocycles. The smallest absolute Gasteiger partial charge is 0.262 e. The molecule has 9 heteroatoms. The SMILES string of the molecule is O=S(=O)(c1c(Cl)nc2sccn12)N1CCC(O)C1. The highest BCUT2D eigenvalue weighted by Gasteiger charge is 2.35. The van der Waals surface area contributed by atoms with Gasteiger partial charge in [-0.25, -0.2) is 13.4 Å². The summed E-state index contributed by atoms with van der Waals surface area (Å²) in [7, 11) is -3.71. The Bertz CT molecular complexity index is 693. The molecule has 1 N–H and O–H groups in total. The first-order chi connectivity index (χ1) is 8.50. The van der Waals surface area contributed by atoms with Gasteiger partial charge in [-0.1, -0.05) is 11.6 Å². The first-order valence-corrected chi connectivity index (χ1v) is 7.99. The quantitative estimate of drug-likeness (QED) is 0.890. The minimum absolute atomic E-state index is 0.0190. The summed E-state index contributed by atoms with van der Waals surface area (Å²) in [6.07, 6.45) is 1.46. The molecule has 2 aromatic rings. The minimum atomic E-state index is -3.71. The number of aliphatic hydroxyl groups excluding tert-OH is 1. The van der Waals surface area contributed by atoms with E-state index in [1.807, 2.05) is 0 Å². The van der Waals surface area contributed by atoms with Crippen LogP contribution in [0.25, 0.3) is 4.96 Å². The van der Waals surface area contributed by atoms with Gasteiger partial charge in [-0.15, -0.1) is 11.3 Å². The van der Waals surface area contributed by atoms with Crippen LogP contribution in [0.1, 0.15) is 6.42 Å². The van der Waals surface area contributed by atoms with Crippen molar-refractivity contribution in [1.82, 2.24) is 13.7 Å². The lowest BCUT2D eigenvalue weighted by molar-refractivity contribution is 0.189. The molecule has 0 amide bonds. The Kier molecular flexibility index (Phi) is 2.87. The number of rotatable bonds is 2. The molecule has 0 spiro atoms. The first-order valence-electron chi connectivity index (χ1n) is 5.29. The van der Waals surface area contributed by atoms with Gasteiger partial charge in [0.2, 0.25) is 0 Å². The normalized spacial score (nSPS) is 22.0. The number of sulfonamides is 1. The Hall–Kier alpha value is -0.670. The molecule has 3 heterocycles. The Morgan fingerprint density at radius 2 is 2.33 bits per heavy atom. The average Bonchev–Trinajstić information content (AvgIpc) is 2.92. The average molecular weight is 308 g/mol. The lowest BCUT2D eigenvalue weighted by Gasteiger charge is -2.14. The molecule has 1 unspecified atom stereocenters. The van der Waals surface area contributed by atoms with E-state index >= 15 is 0 Å². The zero-order chi connectivity index (χ0) is 12.9. The standard InChI is InChI=1S/C9H10ClN3O3S2/c10-7-8(13-3-4-17-9(13)11-7)18(15,16)12-2-1-6(14)5-12/h3-4,6,14H,1-2,5H2. The summed E-state index contributed by atoms with van der Waals surface area (Å²) >= 11 is 7.23. The maximum absolute atomic E-state index is 12.4. The second-order valence-electron chi connectivity index (χ2n) is 4.07. The van der Waals surface area contributed by atoms with Crippen molar-refractivity contribution in [2.75, 3.05) is 13.1 Å². The van der Waals surface area contributed by atoms with Gasteiger partial charge in [0.25, 0.3) is 10.0 Å². The second kappa shape index (κ2) is 4.17. The first kappa shape index (κ1) is 12.4. The van der Waals surface area contributed by atoms with Crippen LogP contribution in [0.4, 0.5) is 0 Å². The van der Waals surface area contributed by atoms with E-state index in [2.05, 4.69) is 4.98 Å². The largest absolute Gasteiger partial charge is 0.392 e. The van der Waals surface area contributed by atoms with Crippen molar-refractivity contribution in [1.29, 1.82) is 0 Å². The van der Waals surface area contributed by atoms with Crippen molar-refractivity contribution in [3.05, 3.63) is 16.7 Å². The summed E-state index contributed by atoms with van der Waals surface area (Å²) in [5.74, 6) is 0. The van der Waals surface area contributed by atoms with Gasteiger partial charge >= 0.3 is 0 Å². The van der Waals surface area contributed by atoms with E-state index in [4.69, 9.17) is 11.6 Å². The maximum Gasteiger partial charge on any atom is 0.262 e. The van der Waals surface area contributed by atoms with Crippen LogP contribution < -0.4 is 0 Å². The van der Waals surface area contributed by atoms with E-state index in [-0.39, 0.29) is 16.7 Å². The molecule has 1 aliphatic rings. The van der Waals surface area contributed by atoms with Crippen molar-refractivity contribution < 1.29 is 13.5 Å². The van der Waals surface area contributed by atoms with Crippen molar-refractivity contribution in [3.8, 4) is 0 Å². The molecule has 6 nitrogen and oxygen atoms in total. The summed E-state index contributed by atoms with van der Waals surface area (Å²) in [6.45, 7) is 0.410. The molecule has 18 heavy (non-hydrogen) atoms. The number of aliphatic hydroxyl groups is 1. The van der Waals surface area contributed by atoms with E-state index < -0.39 is 16.1 Å². The van der Waals surface area contributed by atoms with Gasteiger partial charge in [-0.2, -0.15) is 4.31 Å². The molecule has 2 aromatic heterocycles. The number of imidazole rings is 1. The number of thiazole rings is 1. The Labute approximate surface area is 112 Å². The predicted molar refractivity (Wildman–Crippen MR) is 67.5 cm³/mol. The van der Waals surface area contributed by atoms with Crippen LogP contribution in [-0.4, -0.2) is 46.4 Å². The van der Waals surface area contributed by atoms with Crippen molar-refractivity contribution >= 4 is 37.9 Å². The number of hydrogen-bond acceptors (Lipinski definition) is 5. The molecule has 98 valence electrons. The zero-order valence-electron chi connectivity index (χ0n) is 9.15. The highest BCUT2D eigenvalue weighted by atomic mass is 35.5. The fourth-order valence-electron chi connectivity index (χ4n) is 2.02. The molecule has 0 bridgehead atoms. The van der Waals surface area contributed by atoms with E-state index in [9.17, 15) is 13.5 Å². The number of aromatic nitrogens is 2. The minimum Gasteiger partial charge on any atom is -0.392 e. The van der Waals surface area contributed by atoms with Crippen LogP contribution >= 0.6 is 22.9 Å². The van der Waals surface area contributed by atoms with Crippen molar-refractivity contribution in [3.63, 3.8) is 0 Å². The fraction of sp³-hybridized carbons (Fsp3) is 0.444. The molecular formula is C9H10ClN3O3S2. The summed E-state index contributed by atoms with van der Waals surface area (Å²) in [5, 5.41) is 11.1. The van der Waals surface area contributed by atoms with Gasteiger partial charge in [0, 0.05) is 24.7 Å². The van der Waals surface area contributed by atoms with Crippen LogP contribution in [0.2, 0.25) is 5.15 Å². The van der Waals surface area contributed by atoms with Gasteiger partial charge in [0.15, 0.2) is 15.1 Å². The Morgan fingerprint density at radius 3 is 3.00 bits per heavy atom. The third-order valence-electron chi connectivity index (χ3n) is 2.89. The van der Waals surface area contributed by atoms with E-state index in [1.165, 1.54) is 20.0 Å². The lowest BCUT2D eigenvalue weighted by atomic mass is 10.3. The predicted octanol–water partition coefficient (Wildman–Crippen LogP) is 0.804. The van der Waals surface area contributed by atoms with E-state index in [0.29, 0.717) is 17.9 Å². The third-order valence-corrected chi connectivity index (χ3v) is 5.91. The monoisotopic (exact) mass is 307 g/mol. The molecular weight excluding hydrogens is 298 g/mol. The number of halogens is 1. The van der Waals surface area contributed by atoms with Crippen molar-refractivity contribution in [2.45, 2.75) is 17.6 Å². The Morgan fingerprint density at radius 1 is 1.56 bits per heavy atom. The van der Waals surface area contributed by atoms with Gasteiger partial charge in [-0.05, 0) is 6.42 Å². The zero-order valence-corrected chi connectivity index (χ0v) is 11.5. The summed E-state index contributed by atoms with van der Waals surface area (Å²) in [5.41, 5.74) is 0. The molecule has 0 aliphatic carbocycles. The number of nitrogens with zero attached hydrogens (tertiary/aromatic N) is 3. The fourth-order valence-corrected chi connectivity index (χ4v) is 4.92. The maximum atomic E-state index is 12.4. The molecule has 3 rings (SSSR count). The molecule has 1 fully saturated rings. The van der Waals surface area contributed by atoms with Crippen LogP contribution in [0.3, 0.4) is 0 Å². The third kappa shape index (κ3) is 1.76. The van der Waals surface area contributed by atoms with Crippen molar-refractivity contribution in [2.24, 2.45) is 0 Å². The Balaban J connectivity index is 2.13. The second-order valence-corrected chi connectivity index (χ2v) is 7.15. The van der Waals surface area contributed by atoms with Gasteiger partial charge < -0.3 is 5.11 Å². The van der Waals surface area contributed by atoms with Gasteiger partial charge in [0.1, 0.15) is 0 Å². The van der Waals surface area contributed by atoms with Crippen LogP contribution in [0, 0.1) is 0 Å². The number of hydrogen-bond donors (Lipinski definition) is 1. The van der Waals surface area contributed by atoms with Gasteiger partial charge in [0.05, 0.1) is 6.10 Å². The van der Waals surface area contributed by atoms with Crippen LogP contribution in [0.5, 0.6) is 0 Å². The topological polar surface area (TPSA) is 74.9 Å². The lowest BCUT2D eigenvalue weighted by Crippen LogP contribution is -2.30. The highest BCUT2D eigenvalue weighted by molar-refractivity contribution is 7.89. The van der Waals surface area contributed by atoms with Crippen LogP contribution in [0.15, 0.2) is 16.6 Å². The van der Waals surface area contributed by atoms with Gasteiger partial charge in [-0.3, -0.25) is 4.40 Å². The summed E-state index contributed by atoms with van der Waals surface area (Å²) in [4.78, 5) is 4.55. The van der Waals surface area contributed by atoms with E-state index in [1.54, 1.807) is 11.6 Å². The summed E-state index contributed by atoms with van der Waals surface area (Å²) in [6, 6.07) is 0. The molecule has 0 aromatic carbocycles. The summed E-state index contributed by atoms with van der Waals surface area (Å²) < 4.78 is 27.6. The molecule has 1 atom stereocenters. The highest BCUT2D eigenvalue weighted by Crippen LogP contribution is 2.29. The molecule has 0 saturated carbocycles. The molecule has 0 radical (unpaired) electrons. The number of β-amino-alcohol motifs (C(OH)–C–C–N with tert-alkyl or cyclic N) is 1. The van der Waals surface area contributed by atoms with Crippen LogP contribution in [-0.2, 0) is 10.0 Å². The number of fused-ring (bicyclic) bond motifs is 1. The molecule has 1 aliphatic heterocycles. The van der Waals surface area contributed by atoms with E-state index in [0.717, 1.165) is 0 Å².